The van der Waals surface area contributed by atoms with Crippen LogP contribution in [0.4, 0.5) is 0 Å². The summed E-state index contributed by atoms with van der Waals surface area (Å²) in [6.07, 6.45) is 0. The van der Waals surface area contributed by atoms with Gasteiger partial charge in [0.1, 0.15) is 5.60 Å². The molecule has 0 saturated heterocycles. The molecule has 0 saturated carbocycles. The van der Waals surface area contributed by atoms with Crippen LogP contribution in [0.5, 0.6) is 0 Å². The molecule has 12 heavy (non-hydrogen) atoms. The normalized spacial score (nSPS) is 12.1. The third-order valence-electron chi connectivity index (χ3n) is 1.65. The minimum absolute atomic E-state index is 0.405. The molecule has 1 aromatic rings. The zero-order valence-corrected chi connectivity index (χ0v) is 9.75. The Morgan fingerprint density at radius 2 is 2.17 bits per heavy atom. The van der Waals surface area contributed by atoms with Gasteiger partial charge in [-0.25, -0.2) is 5.90 Å². The fourth-order valence-electron chi connectivity index (χ4n) is 0.947. The molecule has 2 N–H and O–H groups in total. The fourth-order valence-corrected chi connectivity index (χ4v) is 3.11. The highest BCUT2D eigenvalue weighted by Gasteiger charge is 2.25. The molecule has 1 aromatic heterocycles. The van der Waals surface area contributed by atoms with E-state index in [2.05, 4.69) is 28.9 Å². The van der Waals surface area contributed by atoms with E-state index in [4.69, 9.17) is 10.7 Å². The quantitative estimate of drug-likeness (QED) is 0.819. The Kier molecular flexibility index (Phi) is 2.93. The number of hydrogen-bond acceptors (Lipinski definition) is 3. The molecule has 0 fully saturated rings. The molecular formula is C8H12BrNOS. The molecule has 0 unspecified atom stereocenters. The van der Waals surface area contributed by atoms with Gasteiger partial charge >= 0.3 is 0 Å². The van der Waals surface area contributed by atoms with E-state index in [-0.39, 0.29) is 0 Å². The first kappa shape index (κ1) is 10.2. The SMILES string of the molecule is Cc1cc(Br)c(C(C)(C)ON)s1. The van der Waals surface area contributed by atoms with Gasteiger partial charge in [-0.3, -0.25) is 4.84 Å². The topological polar surface area (TPSA) is 35.2 Å². The van der Waals surface area contributed by atoms with E-state index >= 15 is 0 Å². The molecule has 0 atom stereocenters. The average molecular weight is 250 g/mol. The zero-order valence-electron chi connectivity index (χ0n) is 7.35. The first-order valence-corrected chi connectivity index (χ1v) is 5.22. The molecular weight excluding hydrogens is 238 g/mol. The summed E-state index contributed by atoms with van der Waals surface area (Å²) in [6, 6.07) is 2.07. The van der Waals surface area contributed by atoms with Gasteiger partial charge in [0.2, 0.25) is 0 Å². The third-order valence-corrected chi connectivity index (χ3v) is 3.89. The van der Waals surface area contributed by atoms with Crippen LogP contribution in [0.3, 0.4) is 0 Å². The van der Waals surface area contributed by atoms with E-state index in [9.17, 15) is 0 Å². The lowest BCUT2D eigenvalue weighted by Crippen LogP contribution is -2.24. The molecule has 0 amide bonds. The van der Waals surface area contributed by atoms with Crippen molar-refractivity contribution in [1.29, 1.82) is 0 Å². The van der Waals surface area contributed by atoms with Crippen molar-refractivity contribution in [1.82, 2.24) is 0 Å². The van der Waals surface area contributed by atoms with Crippen LogP contribution < -0.4 is 5.90 Å². The second kappa shape index (κ2) is 3.46. The summed E-state index contributed by atoms with van der Waals surface area (Å²) in [5, 5.41) is 0. The number of rotatable bonds is 2. The Morgan fingerprint density at radius 1 is 1.58 bits per heavy atom. The molecule has 0 aromatic carbocycles. The third kappa shape index (κ3) is 1.88. The Balaban J connectivity index is 3.09. The molecule has 0 aliphatic rings. The number of nitrogens with two attached hydrogens (primary N) is 1. The summed E-state index contributed by atoms with van der Waals surface area (Å²) in [6.45, 7) is 5.96. The second-order valence-corrected chi connectivity index (χ2v) is 5.27. The summed E-state index contributed by atoms with van der Waals surface area (Å²) in [7, 11) is 0. The van der Waals surface area contributed by atoms with Crippen molar-refractivity contribution in [2.24, 2.45) is 5.90 Å². The largest absolute Gasteiger partial charge is 0.293 e. The van der Waals surface area contributed by atoms with Crippen LogP contribution >= 0.6 is 27.3 Å². The predicted octanol–water partition coefficient (Wildman–Crippen LogP) is 2.94. The summed E-state index contributed by atoms with van der Waals surface area (Å²) in [5.74, 6) is 5.20. The number of halogens is 1. The summed E-state index contributed by atoms with van der Waals surface area (Å²) >= 11 is 5.16. The Bertz CT molecular complexity index is 283. The van der Waals surface area contributed by atoms with E-state index in [1.165, 1.54) is 4.88 Å². The van der Waals surface area contributed by atoms with E-state index in [0.717, 1.165) is 9.35 Å². The van der Waals surface area contributed by atoms with E-state index in [1.54, 1.807) is 11.3 Å². The first-order valence-electron chi connectivity index (χ1n) is 3.61. The fraction of sp³-hybridized carbons (Fsp3) is 0.500. The van der Waals surface area contributed by atoms with Gasteiger partial charge in [-0.05, 0) is 42.8 Å². The van der Waals surface area contributed by atoms with Crippen LogP contribution in [0.2, 0.25) is 0 Å². The first-order chi connectivity index (χ1) is 5.47. The van der Waals surface area contributed by atoms with Gasteiger partial charge in [0.05, 0.1) is 4.88 Å². The van der Waals surface area contributed by atoms with Crippen molar-refractivity contribution in [3.05, 3.63) is 20.3 Å². The molecule has 4 heteroatoms. The Hall–Kier alpha value is 0.1000. The molecule has 1 heterocycles. The monoisotopic (exact) mass is 249 g/mol. The molecule has 0 aliphatic heterocycles. The molecule has 0 bridgehead atoms. The molecule has 2 nitrogen and oxygen atoms in total. The lowest BCUT2D eigenvalue weighted by atomic mass is 10.1. The van der Waals surface area contributed by atoms with E-state index < -0.39 is 5.60 Å². The summed E-state index contributed by atoms with van der Waals surface area (Å²) in [4.78, 5) is 7.28. The standard InChI is InChI=1S/C8H12BrNOS/c1-5-4-6(9)7(12-5)8(2,3)11-10/h4H,10H2,1-3H3. The zero-order chi connectivity index (χ0) is 9.35. The van der Waals surface area contributed by atoms with Crippen LogP contribution in [-0.2, 0) is 10.4 Å². The number of hydrogen-bond donors (Lipinski definition) is 1. The summed E-state index contributed by atoms with van der Waals surface area (Å²) < 4.78 is 1.07. The van der Waals surface area contributed by atoms with Crippen LogP contribution in [0.1, 0.15) is 23.6 Å². The summed E-state index contributed by atoms with van der Waals surface area (Å²) in [5.41, 5.74) is -0.405. The Morgan fingerprint density at radius 3 is 2.50 bits per heavy atom. The highest BCUT2D eigenvalue weighted by atomic mass is 79.9. The van der Waals surface area contributed by atoms with Crippen molar-refractivity contribution >= 4 is 27.3 Å². The number of thiophene rings is 1. The van der Waals surface area contributed by atoms with Crippen molar-refractivity contribution in [3.8, 4) is 0 Å². The lowest BCUT2D eigenvalue weighted by molar-refractivity contribution is -0.0213. The van der Waals surface area contributed by atoms with Crippen molar-refractivity contribution in [2.45, 2.75) is 26.4 Å². The average Bonchev–Trinajstić information content (AvgIpc) is 2.31. The molecule has 1 rings (SSSR count). The van der Waals surface area contributed by atoms with Crippen LogP contribution in [0, 0.1) is 6.92 Å². The van der Waals surface area contributed by atoms with Gasteiger partial charge < -0.3 is 0 Å². The van der Waals surface area contributed by atoms with E-state index in [1.807, 2.05) is 13.8 Å². The van der Waals surface area contributed by atoms with E-state index in [0.29, 0.717) is 0 Å². The van der Waals surface area contributed by atoms with Gasteiger partial charge in [0, 0.05) is 9.35 Å². The van der Waals surface area contributed by atoms with Gasteiger partial charge in [-0.2, -0.15) is 0 Å². The smallest absolute Gasteiger partial charge is 0.119 e. The molecule has 0 spiro atoms. The number of aryl methyl sites for hydroxylation is 1. The lowest BCUT2D eigenvalue weighted by Gasteiger charge is -2.20. The van der Waals surface area contributed by atoms with Gasteiger partial charge in [0.25, 0.3) is 0 Å². The molecule has 0 radical (unpaired) electrons. The Labute approximate surface area is 84.8 Å². The van der Waals surface area contributed by atoms with Crippen molar-refractivity contribution in [2.75, 3.05) is 0 Å². The van der Waals surface area contributed by atoms with Gasteiger partial charge in [0.15, 0.2) is 0 Å². The van der Waals surface area contributed by atoms with Crippen LogP contribution in [0.25, 0.3) is 0 Å². The van der Waals surface area contributed by atoms with Gasteiger partial charge in [-0.1, -0.05) is 0 Å². The van der Waals surface area contributed by atoms with Crippen molar-refractivity contribution < 1.29 is 4.84 Å². The van der Waals surface area contributed by atoms with Gasteiger partial charge in [-0.15, -0.1) is 11.3 Å². The highest BCUT2D eigenvalue weighted by Crippen LogP contribution is 2.36. The minimum Gasteiger partial charge on any atom is -0.293 e. The second-order valence-electron chi connectivity index (χ2n) is 3.16. The predicted molar refractivity (Wildman–Crippen MR) is 55.1 cm³/mol. The highest BCUT2D eigenvalue weighted by molar-refractivity contribution is 9.10. The minimum atomic E-state index is -0.405. The maximum atomic E-state index is 5.20. The molecule has 68 valence electrons. The van der Waals surface area contributed by atoms with Crippen LogP contribution in [-0.4, -0.2) is 0 Å². The van der Waals surface area contributed by atoms with Crippen molar-refractivity contribution in [3.63, 3.8) is 0 Å². The maximum absolute atomic E-state index is 5.20. The maximum Gasteiger partial charge on any atom is 0.119 e. The van der Waals surface area contributed by atoms with Crippen LogP contribution in [0.15, 0.2) is 10.5 Å². The molecule has 0 aliphatic carbocycles.